The second-order valence-electron chi connectivity index (χ2n) is 5.71. The van der Waals surface area contributed by atoms with Crippen molar-refractivity contribution in [3.63, 3.8) is 0 Å². The molecule has 3 N–H and O–H groups in total. The molecule has 2 aromatic rings. The van der Waals surface area contributed by atoms with Crippen molar-refractivity contribution in [3.8, 4) is 16.9 Å². The molecular weight excluding hydrogens is 333 g/mol. The highest BCUT2D eigenvalue weighted by Crippen LogP contribution is 2.26. The molecule has 5 nitrogen and oxygen atoms in total. The molecule has 1 heterocycles. The van der Waals surface area contributed by atoms with Crippen LogP contribution in [0, 0.1) is 11.3 Å². The summed E-state index contributed by atoms with van der Waals surface area (Å²) in [5.74, 6) is -0.0407. The number of nitrogens with two attached hydrogens (primary N) is 1. The monoisotopic (exact) mass is 352 g/mol. The van der Waals surface area contributed by atoms with Gasteiger partial charge < -0.3 is 10.5 Å². The van der Waals surface area contributed by atoms with Crippen LogP contribution in [-0.2, 0) is 0 Å². The van der Waals surface area contributed by atoms with Crippen molar-refractivity contribution in [1.82, 2.24) is 4.57 Å². The molecule has 0 radical (unpaired) electrons. The van der Waals surface area contributed by atoms with Crippen molar-refractivity contribution in [3.05, 3.63) is 42.0 Å². The van der Waals surface area contributed by atoms with Gasteiger partial charge in [-0.05, 0) is 23.8 Å². The van der Waals surface area contributed by atoms with E-state index in [0.717, 1.165) is 0 Å². The van der Waals surface area contributed by atoms with Gasteiger partial charge in [0.2, 0.25) is 0 Å². The smallest absolute Gasteiger partial charge is 0.406 e. The Bertz CT molecular complexity index is 836. The Morgan fingerprint density at radius 1 is 1.20 bits per heavy atom. The molecule has 0 fully saturated rings. The molecule has 25 heavy (non-hydrogen) atoms. The number of nitrogens with zero attached hydrogens (tertiary/aromatic N) is 2. The number of ether oxygens (including phenoxy) is 1. The fourth-order valence-corrected chi connectivity index (χ4v) is 2.31. The fourth-order valence-electron chi connectivity index (χ4n) is 2.31. The summed E-state index contributed by atoms with van der Waals surface area (Å²) in [7, 11) is 1.58. The number of benzene rings is 1. The molecule has 0 aliphatic heterocycles. The predicted octanol–water partition coefficient (Wildman–Crippen LogP) is 3.65. The van der Waals surface area contributed by atoms with Gasteiger partial charge >= 0.3 is 6.36 Å². The zero-order chi connectivity index (χ0) is 18.8. The first-order valence-corrected chi connectivity index (χ1v) is 7.52. The second kappa shape index (κ2) is 7.00. The normalized spacial score (nSPS) is 12.5. The number of halogens is 3. The number of hydrogen-bond donors (Lipinski definition) is 2. The van der Waals surface area contributed by atoms with Crippen molar-refractivity contribution < 1.29 is 17.9 Å². The molecule has 2 rings (SSSR count). The second-order valence-corrected chi connectivity index (χ2v) is 5.71. The molecule has 0 aliphatic carbocycles. The Kier molecular flexibility index (Phi) is 5.20. The summed E-state index contributed by atoms with van der Waals surface area (Å²) in [6.45, 7) is 3.75. The molecule has 0 saturated heterocycles. The first kappa shape index (κ1) is 18.6. The molecule has 0 aliphatic rings. The Labute approximate surface area is 143 Å². The fraction of sp³-hybridized carbons (Fsp3) is 0.294. The lowest BCUT2D eigenvalue weighted by molar-refractivity contribution is -0.274. The summed E-state index contributed by atoms with van der Waals surface area (Å²) < 4.78 is 42.2. The lowest BCUT2D eigenvalue weighted by Gasteiger charge is -2.16. The first-order chi connectivity index (χ1) is 11.6. The molecule has 0 spiro atoms. The van der Waals surface area contributed by atoms with Gasteiger partial charge in [-0.2, -0.15) is 0 Å². The maximum Gasteiger partial charge on any atom is 0.573 e. The summed E-state index contributed by atoms with van der Waals surface area (Å²) in [6.07, 6.45) is -3.04. The lowest BCUT2D eigenvalue weighted by atomic mass is 10.1. The van der Waals surface area contributed by atoms with E-state index in [2.05, 4.69) is 9.73 Å². The highest BCUT2D eigenvalue weighted by Gasteiger charge is 2.30. The highest BCUT2D eigenvalue weighted by molar-refractivity contribution is 5.85. The number of anilines is 1. The molecule has 0 amide bonds. The number of pyridine rings is 1. The van der Waals surface area contributed by atoms with Crippen LogP contribution < -0.4 is 16.0 Å². The Morgan fingerprint density at radius 2 is 1.80 bits per heavy atom. The molecular formula is C17H19F3N4O. The summed E-state index contributed by atoms with van der Waals surface area (Å²) in [4.78, 5) is 4.11. The number of nitrogen functional groups attached to an aromatic ring is 1. The van der Waals surface area contributed by atoms with Crippen LogP contribution in [-0.4, -0.2) is 23.8 Å². The quantitative estimate of drug-likeness (QED) is 0.653. The van der Waals surface area contributed by atoms with Crippen LogP contribution in [0.5, 0.6) is 5.75 Å². The Balaban J connectivity index is 2.48. The molecule has 134 valence electrons. The summed E-state index contributed by atoms with van der Waals surface area (Å²) in [5.41, 5.74) is 8.18. The average Bonchev–Trinajstić information content (AvgIpc) is 2.52. The van der Waals surface area contributed by atoms with Gasteiger partial charge in [0.1, 0.15) is 11.6 Å². The zero-order valence-corrected chi connectivity index (χ0v) is 14.1. The van der Waals surface area contributed by atoms with E-state index in [9.17, 15) is 13.2 Å². The van der Waals surface area contributed by atoms with Crippen LogP contribution in [0.4, 0.5) is 18.9 Å². The number of rotatable bonds is 3. The minimum Gasteiger partial charge on any atom is -0.406 e. The third-order valence-electron chi connectivity index (χ3n) is 3.51. The van der Waals surface area contributed by atoms with Gasteiger partial charge in [0, 0.05) is 24.7 Å². The van der Waals surface area contributed by atoms with Gasteiger partial charge in [-0.15, -0.1) is 13.2 Å². The third-order valence-corrected chi connectivity index (χ3v) is 3.51. The van der Waals surface area contributed by atoms with Crippen LogP contribution in [0.1, 0.15) is 13.8 Å². The minimum atomic E-state index is -4.73. The van der Waals surface area contributed by atoms with E-state index in [4.69, 9.17) is 11.1 Å². The van der Waals surface area contributed by atoms with E-state index in [1.54, 1.807) is 23.9 Å². The van der Waals surface area contributed by atoms with Gasteiger partial charge in [-0.1, -0.05) is 26.0 Å². The summed E-state index contributed by atoms with van der Waals surface area (Å²) in [6, 6.07) is 7.14. The van der Waals surface area contributed by atoms with Crippen LogP contribution >= 0.6 is 0 Å². The average molecular weight is 352 g/mol. The van der Waals surface area contributed by atoms with Crippen LogP contribution in [0.25, 0.3) is 11.1 Å². The Morgan fingerprint density at radius 3 is 2.28 bits per heavy atom. The first-order valence-electron chi connectivity index (χ1n) is 7.52. The Hall–Kier alpha value is -2.77. The minimum absolute atomic E-state index is 0.0530. The zero-order valence-electron chi connectivity index (χ0n) is 14.1. The molecule has 8 heteroatoms. The van der Waals surface area contributed by atoms with Crippen LogP contribution in [0.15, 0.2) is 41.5 Å². The maximum absolute atomic E-state index is 12.2. The standard InChI is InChI=1S/C17H19F3N4O/c1-10(2)15(22)24-9-12(8-14(21)16(24)23-3)11-4-6-13(7-5-11)25-17(18,19)20/h4-10,22H,21H2,1-3H3. The summed E-state index contributed by atoms with van der Waals surface area (Å²) in [5, 5.41) is 8.22. The van der Waals surface area contributed by atoms with Gasteiger partial charge in [0.25, 0.3) is 0 Å². The topological polar surface area (TPSA) is 76.4 Å². The largest absolute Gasteiger partial charge is 0.573 e. The number of hydrogen-bond acceptors (Lipinski definition) is 4. The van der Waals surface area contributed by atoms with E-state index in [-0.39, 0.29) is 11.7 Å². The van der Waals surface area contributed by atoms with Gasteiger partial charge in [-0.25, -0.2) is 0 Å². The number of aromatic nitrogens is 1. The van der Waals surface area contributed by atoms with E-state index in [1.165, 1.54) is 24.3 Å². The van der Waals surface area contributed by atoms with Crippen molar-refractivity contribution in [2.24, 2.45) is 10.9 Å². The molecule has 0 atom stereocenters. The van der Waals surface area contributed by atoms with Crippen molar-refractivity contribution >= 4 is 11.5 Å². The molecule has 1 aromatic carbocycles. The molecule has 1 aromatic heterocycles. The van der Waals surface area contributed by atoms with Crippen molar-refractivity contribution in [1.29, 1.82) is 5.41 Å². The molecule has 0 unspecified atom stereocenters. The van der Waals surface area contributed by atoms with Crippen molar-refractivity contribution in [2.75, 3.05) is 12.8 Å². The SMILES string of the molecule is CN=c1c(N)cc(-c2ccc(OC(F)(F)F)cc2)cn1C(=N)C(C)C. The maximum atomic E-state index is 12.2. The van der Waals surface area contributed by atoms with Gasteiger partial charge in [0.05, 0.1) is 5.69 Å². The third kappa shape index (κ3) is 4.40. The van der Waals surface area contributed by atoms with E-state index < -0.39 is 6.36 Å². The van der Waals surface area contributed by atoms with E-state index >= 15 is 0 Å². The van der Waals surface area contributed by atoms with E-state index in [0.29, 0.717) is 28.1 Å². The lowest BCUT2D eigenvalue weighted by Crippen LogP contribution is -2.32. The highest BCUT2D eigenvalue weighted by atomic mass is 19.4. The van der Waals surface area contributed by atoms with E-state index in [1.807, 2.05) is 13.8 Å². The number of nitrogens with one attached hydrogen (secondary N) is 1. The predicted molar refractivity (Wildman–Crippen MR) is 90.4 cm³/mol. The van der Waals surface area contributed by atoms with Gasteiger partial charge in [-0.3, -0.25) is 15.0 Å². The van der Waals surface area contributed by atoms with Crippen LogP contribution in [0.3, 0.4) is 0 Å². The van der Waals surface area contributed by atoms with Crippen molar-refractivity contribution in [2.45, 2.75) is 20.2 Å². The van der Waals surface area contributed by atoms with Gasteiger partial charge in [0.15, 0.2) is 5.49 Å². The number of alkyl halides is 3. The summed E-state index contributed by atoms with van der Waals surface area (Å²) >= 11 is 0. The molecule has 0 saturated carbocycles. The molecule has 0 bridgehead atoms. The van der Waals surface area contributed by atoms with Crippen LogP contribution in [0.2, 0.25) is 0 Å².